The summed E-state index contributed by atoms with van der Waals surface area (Å²) in [5.41, 5.74) is 3.45. The Morgan fingerprint density at radius 1 is 1.26 bits per heavy atom. The number of hydrogen-bond acceptors (Lipinski definition) is 6. The van der Waals surface area contributed by atoms with Crippen LogP contribution in [0.1, 0.15) is 15.9 Å². The first-order chi connectivity index (χ1) is 13.0. The molecule has 0 aliphatic carbocycles. The predicted molar refractivity (Wildman–Crippen MR) is 105 cm³/mol. The summed E-state index contributed by atoms with van der Waals surface area (Å²) in [5, 5.41) is 4.14. The maximum absolute atomic E-state index is 12.1. The standard InChI is InChI=1S/C18H16BrClN2O5/c1-25-15-8-11(7-14(20)17(15)27-10-16(23)26-2)9-21-22-18(24)12-5-3-4-6-13(12)19/h3-9H,10H2,1-2H3,(H,22,24)/b21-9+. The van der Waals surface area contributed by atoms with E-state index in [1.54, 1.807) is 30.3 Å². The molecule has 27 heavy (non-hydrogen) atoms. The van der Waals surface area contributed by atoms with Crippen molar-refractivity contribution in [2.45, 2.75) is 0 Å². The summed E-state index contributed by atoms with van der Waals surface area (Å²) in [6.45, 7) is -0.304. The molecule has 0 bridgehead atoms. The Labute approximate surface area is 169 Å². The number of nitrogens with one attached hydrogen (secondary N) is 1. The number of benzene rings is 2. The maximum atomic E-state index is 12.1. The molecule has 0 aromatic heterocycles. The highest BCUT2D eigenvalue weighted by molar-refractivity contribution is 9.10. The van der Waals surface area contributed by atoms with E-state index in [-0.39, 0.29) is 23.3 Å². The van der Waals surface area contributed by atoms with Crippen molar-refractivity contribution < 1.29 is 23.8 Å². The minimum atomic E-state index is -0.548. The molecule has 1 amide bonds. The Balaban J connectivity index is 2.11. The number of nitrogens with zero attached hydrogens (tertiary/aromatic N) is 1. The maximum Gasteiger partial charge on any atom is 0.343 e. The van der Waals surface area contributed by atoms with Gasteiger partial charge >= 0.3 is 5.97 Å². The minimum absolute atomic E-state index is 0.207. The first kappa shape index (κ1) is 20.7. The summed E-state index contributed by atoms with van der Waals surface area (Å²) in [4.78, 5) is 23.3. The largest absolute Gasteiger partial charge is 0.493 e. The van der Waals surface area contributed by atoms with Crippen molar-refractivity contribution in [2.75, 3.05) is 20.8 Å². The Morgan fingerprint density at radius 2 is 2.00 bits per heavy atom. The van der Waals surface area contributed by atoms with Crippen LogP contribution < -0.4 is 14.9 Å². The van der Waals surface area contributed by atoms with Crippen molar-refractivity contribution in [3.8, 4) is 11.5 Å². The van der Waals surface area contributed by atoms with Crippen molar-refractivity contribution in [1.82, 2.24) is 5.43 Å². The fourth-order valence-electron chi connectivity index (χ4n) is 2.02. The smallest absolute Gasteiger partial charge is 0.343 e. The van der Waals surface area contributed by atoms with Crippen LogP contribution in [-0.2, 0) is 9.53 Å². The van der Waals surface area contributed by atoms with Crippen molar-refractivity contribution >= 4 is 45.6 Å². The summed E-state index contributed by atoms with van der Waals surface area (Å²) in [6, 6.07) is 10.2. The van der Waals surface area contributed by atoms with Gasteiger partial charge in [-0.25, -0.2) is 10.2 Å². The van der Waals surface area contributed by atoms with Gasteiger partial charge in [0.05, 0.1) is 31.0 Å². The summed E-state index contributed by atoms with van der Waals surface area (Å²) in [7, 11) is 2.69. The van der Waals surface area contributed by atoms with Crippen LogP contribution in [-0.4, -0.2) is 38.9 Å². The molecule has 7 nitrogen and oxygen atoms in total. The second kappa shape index (κ2) is 9.94. The molecule has 2 rings (SSSR count). The van der Waals surface area contributed by atoms with Gasteiger partial charge in [0.2, 0.25) is 0 Å². The lowest BCUT2D eigenvalue weighted by Crippen LogP contribution is -2.18. The zero-order chi connectivity index (χ0) is 19.8. The number of methoxy groups -OCH3 is 2. The highest BCUT2D eigenvalue weighted by atomic mass is 79.9. The molecule has 1 N–H and O–H groups in total. The number of halogens is 2. The van der Waals surface area contributed by atoms with Gasteiger partial charge < -0.3 is 14.2 Å². The Morgan fingerprint density at radius 3 is 2.67 bits per heavy atom. The van der Waals surface area contributed by atoms with E-state index in [4.69, 9.17) is 21.1 Å². The number of amides is 1. The molecule has 2 aromatic carbocycles. The Kier molecular flexibility index (Phi) is 7.63. The lowest BCUT2D eigenvalue weighted by molar-refractivity contribution is -0.142. The van der Waals surface area contributed by atoms with Gasteiger partial charge in [-0.1, -0.05) is 23.7 Å². The number of hydrazone groups is 1. The van der Waals surface area contributed by atoms with Gasteiger partial charge in [-0.05, 0) is 45.8 Å². The molecule has 0 spiro atoms. The van der Waals surface area contributed by atoms with Gasteiger partial charge in [-0.15, -0.1) is 0 Å². The fraction of sp³-hybridized carbons (Fsp3) is 0.167. The van der Waals surface area contributed by atoms with E-state index in [1.165, 1.54) is 20.4 Å². The van der Waals surface area contributed by atoms with E-state index in [2.05, 4.69) is 31.2 Å². The van der Waals surface area contributed by atoms with E-state index >= 15 is 0 Å². The molecule has 0 aliphatic heterocycles. The second-order valence-electron chi connectivity index (χ2n) is 5.08. The molecule has 142 valence electrons. The number of hydrogen-bond donors (Lipinski definition) is 1. The molecule has 0 atom stereocenters. The molecule has 0 radical (unpaired) electrons. The van der Waals surface area contributed by atoms with E-state index in [1.807, 2.05) is 6.07 Å². The summed E-state index contributed by atoms with van der Waals surface area (Å²) >= 11 is 9.49. The van der Waals surface area contributed by atoms with Gasteiger partial charge in [0, 0.05) is 4.47 Å². The van der Waals surface area contributed by atoms with E-state index in [0.717, 1.165) is 0 Å². The zero-order valence-corrected chi connectivity index (χ0v) is 16.8. The van der Waals surface area contributed by atoms with E-state index in [9.17, 15) is 9.59 Å². The number of rotatable bonds is 7. The summed E-state index contributed by atoms with van der Waals surface area (Å²) in [6.07, 6.45) is 1.41. The van der Waals surface area contributed by atoms with Gasteiger partial charge in [-0.2, -0.15) is 5.10 Å². The first-order valence-electron chi connectivity index (χ1n) is 7.61. The predicted octanol–water partition coefficient (Wildman–Crippen LogP) is 3.43. The minimum Gasteiger partial charge on any atom is -0.493 e. The van der Waals surface area contributed by atoms with Gasteiger partial charge in [0.15, 0.2) is 18.1 Å². The molecule has 0 saturated carbocycles. The molecule has 0 heterocycles. The van der Waals surface area contributed by atoms with Crippen LogP contribution in [0.2, 0.25) is 5.02 Å². The van der Waals surface area contributed by atoms with E-state index < -0.39 is 5.97 Å². The average Bonchev–Trinajstić information content (AvgIpc) is 2.66. The van der Waals surface area contributed by atoms with Crippen molar-refractivity contribution in [1.29, 1.82) is 0 Å². The first-order valence-corrected chi connectivity index (χ1v) is 8.78. The number of esters is 1. The third-order valence-electron chi connectivity index (χ3n) is 3.31. The van der Waals surface area contributed by atoms with Crippen molar-refractivity contribution in [3.63, 3.8) is 0 Å². The van der Waals surface area contributed by atoms with Crippen LogP contribution in [0, 0.1) is 0 Å². The molecule has 2 aromatic rings. The molecule has 0 unspecified atom stereocenters. The van der Waals surface area contributed by atoms with Crippen LogP contribution >= 0.6 is 27.5 Å². The zero-order valence-electron chi connectivity index (χ0n) is 14.5. The second-order valence-corrected chi connectivity index (χ2v) is 6.34. The third kappa shape index (κ3) is 5.70. The Hall–Kier alpha value is -2.58. The van der Waals surface area contributed by atoms with Crippen LogP contribution in [0.15, 0.2) is 46.0 Å². The van der Waals surface area contributed by atoms with Crippen LogP contribution in [0.3, 0.4) is 0 Å². The van der Waals surface area contributed by atoms with Crippen molar-refractivity contribution in [3.05, 3.63) is 57.0 Å². The van der Waals surface area contributed by atoms with Gasteiger partial charge in [0.1, 0.15) is 0 Å². The molecule has 0 aliphatic rings. The average molecular weight is 456 g/mol. The quantitative estimate of drug-likeness (QED) is 0.393. The van der Waals surface area contributed by atoms with Crippen LogP contribution in [0.4, 0.5) is 0 Å². The van der Waals surface area contributed by atoms with Crippen LogP contribution in [0.25, 0.3) is 0 Å². The molecule has 9 heteroatoms. The normalized spacial score (nSPS) is 10.5. The monoisotopic (exact) mass is 454 g/mol. The number of ether oxygens (including phenoxy) is 3. The van der Waals surface area contributed by atoms with Crippen LogP contribution in [0.5, 0.6) is 11.5 Å². The topological polar surface area (TPSA) is 86.2 Å². The number of carbonyl (C=O) groups is 2. The van der Waals surface area contributed by atoms with Gasteiger partial charge in [0.25, 0.3) is 5.91 Å². The molecular formula is C18H16BrClN2O5. The van der Waals surface area contributed by atoms with Gasteiger partial charge in [-0.3, -0.25) is 4.79 Å². The molecular weight excluding hydrogens is 440 g/mol. The highest BCUT2D eigenvalue weighted by Crippen LogP contribution is 2.36. The molecule has 0 saturated heterocycles. The molecule has 0 fully saturated rings. The summed E-state index contributed by atoms with van der Waals surface area (Å²) < 4.78 is 15.7. The van der Waals surface area contributed by atoms with E-state index in [0.29, 0.717) is 21.3 Å². The Bertz CT molecular complexity index is 873. The fourth-order valence-corrected chi connectivity index (χ4v) is 2.75. The lowest BCUT2D eigenvalue weighted by Gasteiger charge is -2.12. The summed E-state index contributed by atoms with van der Waals surface area (Å²) in [5.74, 6) is -0.396. The SMILES string of the molecule is COC(=O)COc1c(Cl)cc(/C=N/NC(=O)c2ccccc2Br)cc1OC. The highest BCUT2D eigenvalue weighted by Gasteiger charge is 2.14. The lowest BCUT2D eigenvalue weighted by atomic mass is 10.2. The van der Waals surface area contributed by atoms with Crippen molar-refractivity contribution in [2.24, 2.45) is 5.10 Å². The third-order valence-corrected chi connectivity index (χ3v) is 4.28. The number of carbonyl (C=O) groups excluding carboxylic acids is 2.